The van der Waals surface area contributed by atoms with Crippen molar-refractivity contribution in [3.63, 3.8) is 0 Å². The SMILES string of the molecule is O=C(/C=C\c1ccccc1)NCC1CC(=O)N(c2ccc(F)cc2)C1. The molecular weight excluding hydrogens is 319 g/mol. The summed E-state index contributed by atoms with van der Waals surface area (Å²) < 4.78 is 13.0. The van der Waals surface area contributed by atoms with Crippen LogP contribution in [0.3, 0.4) is 0 Å². The third-order valence-electron chi connectivity index (χ3n) is 4.14. The predicted molar refractivity (Wildman–Crippen MR) is 95.3 cm³/mol. The van der Waals surface area contributed by atoms with Gasteiger partial charge in [0, 0.05) is 37.2 Å². The molecule has 2 aromatic carbocycles. The van der Waals surface area contributed by atoms with E-state index in [1.165, 1.54) is 18.2 Å². The summed E-state index contributed by atoms with van der Waals surface area (Å²) in [7, 11) is 0. The van der Waals surface area contributed by atoms with Gasteiger partial charge in [-0.15, -0.1) is 0 Å². The van der Waals surface area contributed by atoms with Crippen molar-refractivity contribution >= 4 is 23.6 Å². The number of benzene rings is 2. The van der Waals surface area contributed by atoms with Crippen LogP contribution in [0.5, 0.6) is 0 Å². The van der Waals surface area contributed by atoms with Crippen LogP contribution in [0.2, 0.25) is 0 Å². The lowest BCUT2D eigenvalue weighted by Gasteiger charge is -2.16. The van der Waals surface area contributed by atoms with Gasteiger partial charge in [0.2, 0.25) is 11.8 Å². The van der Waals surface area contributed by atoms with Gasteiger partial charge in [-0.05, 0) is 35.9 Å². The van der Waals surface area contributed by atoms with E-state index in [1.54, 1.807) is 23.1 Å². The van der Waals surface area contributed by atoms with Gasteiger partial charge in [0.05, 0.1) is 0 Å². The molecule has 1 aliphatic heterocycles. The Labute approximate surface area is 146 Å². The standard InChI is InChI=1S/C20H19FN2O2/c21-17-7-9-18(10-8-17)23-14-16(12-20(23)25)13-22-19(24)11-6-15-4-2-1-3-5-15/h1-11,16H,12-14H2,(H,22,24)/b11-6-. The van der Waals surface area contributed by atoms with Crippen molar-refractivity contribution in [1.82, 2.24) is 5.32 Å². The van der Waals surface area contributed by atoms with E-state index in [9.17, 15) is 14.0 Å². The van der Waals surface area contributed by atoms with Crippen LogP contribution >= 0.6 is 0 Å². The number of halogens is 1. The minimum Gasteiger partial charge on any atom is -0.352 e. The van der Waals surface area contributed by atoms with Crippen molar-refractivity contribution in [2.75, 3.05) is 18.0 Å². The number of anilines is 1. The summed E-state index contributed by atoms with van der Waals surface area (Å²) in [4.78, 5) is 25.7. The molecule has 1 aliphatic rings. The Bertz CT molecular complexity index is 772. The van der Waals surface area contributed by atoms with Crippen LogP contribution < -0.4 is 10.2 Å². The first-order chi connectivity index (χ1) is 12.1. The van der Waals surface area contributed by atoms with Gasteiger partial charge in [0.25, 0.3) is 0 Å². The van der Waals surface area contributed by atoms with Gasteiger partial charge in [-0.2, -0.15) is 0 Å². The van der Waals surface area contributed by atoms with Gasteiger partial charge < -0.3 is 10.2 Å². The number of carbonyl (C=O) groups is 2. The second-order valence-corrected chi connectivity index (χ2v) is 6.04. The van der Waals surface area contributed by atoms with Crippen LogP contribution in [-0.4, -0.2) is 24.9 Å². The van der Waals surface area contributed by atoms with E-state index < -0.39 is 0 Å². The maximum atomic E-state index is 13.0. The lowest BCUT2D eigenvalue weighted by molar-refractivity contribution is -0.118. The molecule has 128 valence electrons. The lowest BCUT2D eigenvalue weighted by atomic mass is 10.1. The number of hydrogen-bond donors (Lipinski definition) is 1. The number of rotatable bonds is 5. The zero-order valence-electron chi connectivity index (χ0n) is 13.7. The van der Waals surface area contributed by atoms with Crippen LogP contribution in [0.4, 0.5) is 10.1 Å². The van der Waals surface area contributed by atoms with E-state index in [-0.39, 0.29) is 23.5 Å². The van der Waals surface area contributed by atoms with Gasteiger partial charge in [0.1, 0.15) is 5.82 Å². The largest absolute Gasteiger partial charge is 0.352 e. The van der Waals surface area contributed by atoms with Crippen molar-refractivity contribution in [3.8, 4) is 0 Å². The molecule has 25 heavy (non-hydrogen) atoms. The quantitative estimate of drug-likeness (QED) is 0.852. The van der Waals surface area contributed by atoms with Crippen LogP contribution in [0.15, 0.2) is 60.7 Å². The zero-order valence-corrected chi connectivity index (χ0v) is 13.7. The Hall–Kier alpha value is -2.95. The van der Waals surface area contributed by atoms with Gasteiger partial charge in [-0.1, -0.05) is 30.3 Å². The van der Waals surface area contributed by atoms with E-state index >= 15 is 0 Å². The highest BCUT2D eigenvalue weighted by atomic mass is 19.1. The minimum atomic E-state index is -0.329. The molecule has 5 heteroatoms. The molecular formula is C20H19FN2O2. The van der Waals surface area contributed by atoms with Gasteiger partial charge in [-0.25, -0.2) is 4.39 Å². The first-order valence-electron chi connectivity index (χ1n) is 8.19. The van der Waals surface area contributed by atoms with E-state index in [2.05, 4.69) is 5.32 Å². The fraction of sp³-hybridized carbons (Fsp3) is 0.200. The maximum Gasteiger partial charge on any atom is 0.244 e. The van der Waals surface area contributed by atoms with Crippen LogP contribution in [0.1, 0.15) is 12.0 Å². The molecule has 0 aromatic heterocycles. The predicted octanol–water partition coefficient (Wildman–Crippen LogP) is 3.01. The molecule has 1 atom stereocenters. The van der Waals surface area contributed by atoms with Gasteiger partial charge >= 0.3 is 0 Å². The Morgan fingerprint density at radius 3 is 2.60 bits per heavy atom. The van der Waals surface area contributed by atoms with Crippen molar-refractivity contribution in [1.29, 1.82) is 0 Å². The molecule has 0 spiro atoms. The van der Waals surface area contributed by atoms with Crippen molar-refractivity contribution < 1.29 is 14.0 Å². The van der Waals surface area contributed by atoms with Crippen molar-refractivity contribution in [2.45, 2.75) is 6.42 Å². The van der Waals surface area contributed by atoms with E-state index in [0.29, 0.717) is 25.2 Å². The fourth-order valence-corrected chi connectivity index (χ4v) is 2.83. The molecule has 0 aliphatic carbocycles. The molecule has 0 bridgehead atoms. The highest BCUT2D eigenvalue weighted by Crippen LogP contribution is 2.24. The monoisotopic (exact) mass is 338 g/mol. The Morgan fingerprint density at radius 2 is 1.88 bits per heavy atom. The Balaban J connectivity index is 1.51. The average molecular weight is 338 g/mol. The second-order valence-electron chi connectivity index (χ2n) is 6.04. The van der Waals surface area contributed by atoms with Crippen molar-refractivity contribution in [2.24, 2.45) is 5.92 Å². The summed E-state index contributed by atoms with van der Waals surface area (Å²) in [6.07, 6.45) is 3.61. The van der Waals surface area contributed by atoms with E-state index in [1.807, 2.05) is 30.3 Å². The summed E-state index contributed by atoms with van der Waals surface area (Å²) in [5, 5.41) is 2.83. The molecule has 0 radical (unpaired) electrons. The summed E-state index contributed by atoms with van der Waals surface area (Å²) in [6, 6.07) is 15.4. The summed E-state index contributed by atoms with van der Waals surface area (Å²) in [5.74, 6) is -0.474. The van der Waals surface area contributed by atoms with Gasteiger partial charge in [-0.3, -0.25) is 9.59 Å². The average Bonchev–Trinajstić information content (AvgIpc) is 3.00. The molecule has 1 heterocycles. The first-order valence-corrected chi connectivity index (χ1v) is 8.19. The van der Waals surface area contributed by atoms with Crippen LogP contribution in [0, 0.1) is 11.7 Å². The maximum absolute atomic E-state index is 13.0. The third kappa shape index (κ3) is 4.53. The van der Waals surface area contributed by atoms with E-state index in [0.717, 1.165) is 5.56 Å². The van der Waals surface area contributed by atoms with Crippen LogP contribution in [-0.2, 0) is 9.59 Å². The molecule has 1 saturated heterocycles. The minimum absolute atomic E-state index is 0.00863. The number of nitrogens with one attached hydrogen (secondary N) is 1. The first kappa shape index (κ1) is 16.9. The lowest BCUT2D eigenvalue weighted by Crippen LogP contribution is -2.30. The molecule has 3 rings (SSSR count). The number of nitrogens with zero attached hydrogens (tertiary/aromatic N) is 1. The van der Waals surface area contributed by atoms with Gasteiger partial charge in [0.15, 0.2) is 0 Å². The normalized spacial score (nSPS) is 17.2. The second kappa shape index (κ2) is 7.75. The molecule has 2 amide bonds. The molecule has 1 N–H and O–H groups in total. The van der Waals surface area contributed by atoms with E-state index in [4.69, 9.17) is 0 Å². The van der Waals surface area contributed by atoms with Crippen molar-refractivity contribution in [3.05, 3.63) is 72.1 Å². The number of amides is 2. The highest BCUT2D eigenvalue weighted by Gasteiger charge is 2.30. The Kier molecular flexibility index (Phi) is 5.23. The topological polar surface area (TPSA) is 49.4 Å². The molecule has 1 fully saturated rings. The van der Waals surface area contributed by atoms with Crippen LogP contribution in [0.25, 0.3) is 6.08 Å². The molecule has 1 unspecified atom stereocenters. The summed E-state index contributed by atoms with van der Waals surface area (Å²) in [5.41, 5.74) is 1.64. The summed E-state index contributed by atoms with van der Waals surface area (Å²) >= 11 is 0. The fourth-order valence-electron chi connectivity index (χ4n) is 2.83. The molecule has 2 aromatic rings. The third-order valence-corrected chi connectivity index (χ3v) is 4.14. The highest BCUT2D eigenvalue weighted by molar-refractivity contribution is 5.96. The number of hydrogen-bond acceptors (Lipinski definition) is 2. The number of carbonyl (C=O) groups excluding carboxylic acids is 2. The zero-order chi connectivity index (χ0) is 17.6. The smallest absolute Gasteiger partial charge is 0.244 e. The summed E-state index contributed by atoms with van der Waals surface area (Å²) in [6.45, 7) is 0.953. The Morgan fingerprint density at radius 1 is 1.16 bits per heavy atom. The molecule has 0 saturated carbocycles. The molecule has 4 nitrogen and oxygen atoms in total.